The van der Waals surface area contributed by atoms with Crippen molar-refractivity contribution in [1.82, 2.24) is 0 Å². The highest BCUT2D eigenvalue weighted by Crippen LogP contribution is 2.43. The summed E-state index contributed by atoms with van der Waals surface area (Å²) in [6.45, 7) is 4.08. The molecule has 0 aromatic heterocycles. The van der Waals surface area contributed by atoms with Gasteiger partial charge in [0.25, 0.3) is 0 Å². The molecular weight excluding hydrogens is 781 g/mol. The molecule has 0 aromatic rings. The number of aliphatic hydroxyl groups excluding tert-OH is 1. The predicted molar refractivity (Wildman–Crippen MR) is 242 cm³/mol. The van der Waals surface area contributed by atoms with E-state index in [-0.39, 0.29) is 43.7 Å². The predicted octanol–water partition coefficient (Wildman–Crippen LogP) is 11.1. The van der Waals surface area contributed by atoms with Crippen LogP contribution in [0.25, 0.3) is 0 Å². The van der Waals surface area contributed by atoms with Gasteiger partial charge in [-0.2, -0.15) is 0 Å². The third-order valence-corrected chi connectivity index (χ3v) is 11.6. The van der Waals surface area contributed by atoms with Gasteiger partial charge in [0.05, 0.1) is 33.9 Å². The molecular formula is C48H85NO10P+. The van der Waals surface area contributed by atoms with Gasteiger partial charge in [-0.25, -0.2) is 4.57 Å². The molecule has 0 heterocycles. The molecule has 1 aliphatic rings. The Balaban J connectivity index is 2.44. The summed E-state index contributed by atoms with van der Waals surface area (Å²) in [7, 11) is 1.35. The number of carbonyl (C=O) groups excluding carboxylic acids is 3. The molecule has 0 radical (unpaired) electrons. The van der Waals surface area contributed by atoms with Crippen molar-refractivity contribution in [3.63, 3.8) is 0 Å². The number of hydrogen-bond donors (Lipinski definition) is 2. The highest BCUT2D eigenvalue weighted by Gasteiger charge is 2.28. The first-order chi connectivity index (χ1) is 28.8. The number of unbranched alkanes of at least 4 members (excludes halogenated alkanes) is 16. The van der Waals surface area contributed by atoms with Crippen molar-refractivity contribution in [2.24, 2.45) is 11.8 Å². The van der Waals surface area contributed by atoms with Gasteiger partial charge in [-0.05, 0) is 69.8 Å². The van der Waals surface area contributed by atoms with Gasteiger partial charge in [0.15, 0.2) is 11.9 Å². The monoisotopic (exact) mass is 867 g/mol. The van der Waals surface area contributed by atoms with Crippen molar-refractivity contribution < 1.29 is 52.0 Å². The SMILES string of the molecule is CCCCCCCC/C=C\CCCCCCCCCC(=O)OC[C@H](COP(=O)(O)OCC[N+](C)(C)C)OC(=O)CCC/C=C\C[C@H]1C=CC(=O)[C@@H]1/C=C/[C@@H](O)CCCCC. The summed E-state index contributed by atoms with van der Waals surface area (Å²) >= 11 is 0. The molecule has 1 aliphatic carbocycles. The quantitative estimate of drug-likeness (QED) is 0.0201. The maximum absolute atomic E-state index is 12.8. The Morgan fingerprint density at radius 2 is 1.32 bits per heavy atom. The van der Waals surface area contributed by atoms with Crippen LogP contribution in [0.15, 0.2) is 48.6 Å². The van der Waals surface area contributed by atoms with Crippen LogP contribution in [-0.4, -0.2) is 91.9 Å². The van der Waals surface area contributed by atoms with Crippen molar-refractivity contribution >= 4 is 25.5 Å². The molecule has 1 rings (SSSR count). The topological polar surface area (TPSA) is 146 Å². The van der Waals surface area contributed by atoms with Crippen LogP contribution in [-0.2, 0) is 37.5 Å². The van der Waals surface area contributed by atoms with E-state index in [9.17, 15) is 28.9 Å². The molecule has 1 unspecified atom stereocenters. The van der Waals surface area contributed by atoms with Gasteiger partial charge in [-0.15, -0.1) is 0 Å². The third-order valence-electron chi connectivity index (χ3n) is 10.6. The average molecular weight is 867 g/mol. The van der Waals surface area contributed by atoms with E-state index in [1.165, 1.54) is 64.2 Å². The van der Waals surface area contributed by atoms with Crippen molar-refractivity contribution in [1.29, 1.82) is 0 Å². The minimum atomic E-state index is -4.44. The summed E-state index contributed by atoms with van der Waals surface area (Å²) in [4.78, 5) is 48.0. The molecule has 346 valence electrons. The highest BCUT2D eigenvalue weighted by molar-refractivity contribution is 7.47. The number of ether oxygens (including phenoxy) is 2. The van der Waals surface area contributed by atoms with Crippen molar-refractivity contribution in [2.45, 2.75) is 180 Å². The lowest BCUT2D eigenvalue weighted by molar-refractivity contribution is -0.870. The Morgan fingerprint density at radius 1 is 0.750 bits per heavy atom. The Morgan fingerprint density at radius 3 is 1.97 bits per heavy atom. The normalized spacial score (nSPS) is 17.9. The number of aliphatic hydroxyl groups is 1. The Labute approximate surface area is 364 Å². The fourth-order valence-electron chi connectivity index (χ4n) is 6.76. The molecule has 0 bridgehead atoms. The van der Waals surface area contributed by atoms with E-state index >= 15 is 0 Å². The van der Waals surface area contributed by atoms with Gasteiger partial charge < -0.3 is 24.0 Å². The second-order valence-corrected chi connectivity index (χ2v) is 18.9. The van der Waals surface area contributed by atoms with Gasteiger partial charge in [0.2, 0.25) is 0 Å². The second-order valence-electron chi connectivity index (χ2n) is 17.4. The number of phosphoric ester groups is 1. The first kappa shape index (κ1) is 55.6. The minimum Gasteiger partial charge on any atom is -0.462 e. The molecule has 0 aliphatic heterocycles. The lowest BCUT2D eigenvalue weighted by Crippen LogP contribution is -2.37. The Bertz CT molecular complexity index is 1310. The summed E-state index contributed by atoms with van der Waals surface area (Å²) in [5.74, 6) is -1.18. The van der Waals surface area contributed by atoms with E-state index in [1.807, 2.05) is 45.4 Å². The van der Waals surface area contributed by atoms with Crippen molar-refractivity contribution in [3.8, 4) is 0 Å². The number of quaternary nitrogens is 1. The number of phosphoric acid groups is 1. The van der Waals surface area contributed by atoms with Crippen LogP contribution >= 0.6 is 7.82 Å². The summed E-state index contributed by atoms with van der Waals surface area (Å²) in [5.41, 5.74) is 0. The molecule has 12 heteroatoms. The number of carbonyl (C=O) groups is 3. The molecule has 0 spiro atoms. The molecule has 0 aromatic carbocycles. The van der Waals surface area contributed by atoms with Gasteiger partial charge in [-0.3, -0.25) is 23.4 Å². The van der Waals surface area contributed by atoms with Gasteiger partial charge in [-0.1, -0.05) is 140 Å². The first-order valence-corrected chi connectivity index (χ1v) is 24.9. The van der Waals surface area contributed by atoms with Crippen LogP contribution in [0.4, 0.5) is 0 Å². The van der Waals surface area contributed by atoms with Crippen molar-refractivity contribution in [2.75, 3.05) is 47.5 Å². The summed E-state index contributed by atoms with van der Waals surface area (Å²) in [5, 5.41) is 10.2. The molecule has 11 nitrogen and oxygen atoms in total. The van der Waals surface area contributed by atoms with Crippen LogP contribution < -0.4 is 0 Å². The average Bonchev–Trinajstić information content (AvgIpc) is 3.55. The fourth-order valence-corrected chi connectivity index (χ4v) is 7.50. The van der Waals surface area contributed by atoms with E-state index < -0.39 is 38.6 Å². The maximum atomic E-state index is 12.8. The first-order valence-electron chi connectivity index (χ1n) is 23.4. The zero-order valence-corrected chi connectivity index (χ0v) is 39.2. The second kappa shape index (κ2) is 35.1. The fraction of sp³-hybridized carbons (Fsp3) is 0.771. The molecule has 0 saturated heterocycles. The van der Waals surface area contributed by atoms with Crippen LogP contribution in [0, 0.1) is 11.8 Å². The number of likely N-dealkylation sites (N-methyl/N-ethyl adjacent to an activating group) is 1. The molecule has 2 N–H and O–H groups in total. The Kier molecular flexibility index (Phi) is 32.5. The molecule has 0 fully saturated rings. The van der Waals surface area contributed by atoms with Gasteiger partial charge >= 0.3 is 19.8 Å². The Hall–Kier alpha value is -2.40. The van der Waals surface area contributed by atoms with E-state index in [2.05, 4.69) is 26.0 Å². The summed E-state index contributed by atoms with van der Waals surface area (Å²) in [6, 6.07) is 0. The van der Waals surface area contributed by atoms with Crippen LogP contribution in [0.1, 0.15) is 168 Å². The zero-order chi connectivity index (χ0) is 44.3. The number of hydrogen-bond acceptors (Lipinski definition) is 9. The summed E-state index contributed by atoms with van der Waals surface area (Å²) in [6.07, 6.45) is 37.8. The van der Waals surface area contributed by atoms with Crippen LogP contribution in [0.2, 0.25) is 0 Å². The minimum absolute atomic E-state index is 0.00607. The van der Waals surface area contributed by atoms with E-state index in [1.54, 1.807) is 12.2 Å². The lowest BCUT2D eigenvalue weighted by atomic mass is 9.90. The number of esters is 2. The van der Waals surface area contributed by atoms with Crippen molar-refractivity contribution in [3.05, 3.63) is 48.6 Å². The van der Waals surface area contributed by atoms with Crippen LogP contribution in [0.3, 0.4) is 0 Å². The molecule has 0 amide bonds. The third kappa shape index (κ3) is 32.3. The zero-order valence-electron chi connectivity index (χ0n) is 38.3. The molecule has 0 saturated carbocycles. The van der Waals surface area contributed by atoms with E-state index in [0.717, 1.165) is 44.9 Å². The maximum Gasteiger partial charge on any atom is 0.472 e. The molecule has 60 heavy (non-hydrogen) atoms. The number of nitrogens with zero attached hydrogens (tertiary/aromatic N) is 1. The number of ketones is 1. The van der Waals surface area contributed by atoms with Gasteiger partial charge in [0, 0.05) is 18.8 Å². The summed E-state index contributed by atoms with van der Waals surface area (Å²) < 4.78 is 34.3. The highest BCUT2D eigenvalue weighted by atomic mass is 31.2. The largest absolute Gasteiger partial charge is 0.472 e. The van der Waals surface area contributed by atoms with Crippen LogP contribution in [0.5, 0.6) is 0 Å². The smallest absolute Gasteiger partial charge is 0.462 e. The number of rotatable bonds is 39. The van der Waals surface area contributed by atoms with Gasteiger partial charge in [0.1, 0.15) is 19.8 Å². The lowest BCUT2D eigenvalue weighted by Gasteiger charge is -2.24. The standard InChI is InChI=1S/C48H84NO10P/c1-6-8-10-11-12-13-14-15-16-17-18-19-20-21-22-23-28-32-47(52)56-40-44(41-58-60(54,55)57-39-38-49(3,4)5)59-48(53)33-29-25-24-27-30-42-34-37-46(51)45(42)36-35-43(50)31-26-9-7-2/h15-16,24,27,34-37,42-45,50H,6-14,17-23,25-26,28-33,38-41H2,1-5H3/p+1/b16-15-,27-24-,36-35+/t42-,43-,44+,45+/m0/s1. The number of allylic oxidation sites excluding steroid dienone is 7. The van der Waals surface area contributed by atoms with E-state index in [0.29, 0.717) is 43.1 Å². The molecule has 5 atom stereocenters. The van der Waals surface area contributed by atoms with E-state index in [4.69, 9.17) is 18.5 Å².